The molecule has 0 unspecified atom stereocenters. The highest BCUT2D eigenvalue weighted by atomic mass is 35.5. The number of halogens is 5. The van der Waals surface area contributed by atoms with E-state index in [1.165, 1.54) is 0 Å². The van der Waals surface area contributed by atoms with Gasteiger partial charge in [0.25, 0.3) is 11.8 Å². The minimum absolute atomic E-state index is 0.0189. The first-order valence-corrected chi connectivity index (χ1v) is 11.9. The number of hydrogen-bond donors (Lipinski definition) is 1. The van der Waals surface area contributed by atoms with E-state index in [2.05, 4.69) is 5.32 Å². The lowest BCUT2D eigenvalue weighted by Crippen LogP contribution is -2.33. The zero-order chi connectivity index (χ0) is 25.3. The summed E-state index contributed by atoms with van der Waals surface area (Å²) in [4.78, 5) is 28.1. The third-order valence-corrected chi connectivity index (χ3v) is 6.88. The van der Waals surface area contributed by atoms with Crippen molar-refractivity contribution in [2.75, 3.05) is 10.2 Å². The van der Waals surface area contributed by atoms with E-state index < -0.39 is 23.6 Å². The lowest BCUT2D eigenvalue weighted by atomic mass is 10.1. The molecule has 0 aromatic heterocycles. The number of carbonyl (C=O) groups excluding carboxylic acids is 2. The van der Waals surface area contributed by atoms with Gasteiger partial charge in [-0.2, -0.15) is 13.2 Å². The summed E-state index contributed by atoms with van der Waals surface area (Å²) < 4.78 is 40.0. The molecule has 35 heavy (non-hydrogen) atoms. The van der Waals surface area contributed by atoms with Crippen molar-refractivity contribution >= 4 is 58.2 Å². The predicted octanol–water partition coefficient (Wildman–Crippen LogP) is 7.56. The van der Waals surface area contributed by atoms with Crippen molar-refractivity contribution < 1.29 is 22.8 Å². The van der Waals surface area contributed by atoms with E-state index in [0.717, 1.165) is 35.9 Å². The van der Waals surface area contributed by atoms with Crippen LogP contribution in [0.25, 0.3) is 0 Å². The zero-order valence-corrected chi connectivity index (χ0v) is 20.4. The van der Waals surface area contributed by atoms with Crippen LogP contribution in [0.3, 0.4) is 0 Å². The van der Waals surface area contributed by atoms with Crippen LogP contribution in [0.4, 0.5) is 24.5 Å². The Morgan fingerprint density at radius 1 is 0.914 bits per heavy atom. The van der Waals surface area contributed by atoms with Crippen LogP contribution >= 0.6 is 35.0 Å². The van der Waals surface area contributed by atoms with Gasteiger partial charge in [0.05, 0.1) is 16.3 Å². The van der Waals surface area contributed by atoms with Crippen LogP contribution in [0.2, 0.25) is 10.0 Å². The third kappa shape index (κ3) is 5.34. The molecule has 1 aliphatic rings. The van der Waals surface area contributed by atoms with E-state index in [4.69, 9.17) is 23.2 Å². The Morgan fingerprint density at radius 3 is 2.17 bits per heavy atom. The van der Waals surface area contributed by atoms with Gasteiger partial charge in [-0.3, -0.25) is 9.59 Å². The second-order valence-electron chi connectivity index (χ2n) is 7.55. The molecule has 0 fully saturated rings. The average Bonchev–Trinajstić information content (AvgIpc) is 3.04. The number of anilines is 2. The number of thioether (sulfide) groups is 1. The van der Waals surface area contributed by atoms with Crippen molar-refractivity contribution in [3.8, 4) is 0 Å². The molecule has 180 valence electrons. The number of nitrogens with one attached hydrogen (secondary N) is 1. The number of carbonyl (C=O) groups is 2. The Morgan fingerprint density at radius 2 is 1.57 bits per heavy atom. The summed E-state index contributed by atoms with van der Waals surface area (Å²) in [6.07, 6.45) is -3.86. The molecule has 0 aliphatic carbocycles. The fourth-order valence-electron chi connectivity index (χ4n) is 3.38. The molecule has 0 spiro atoms. The first kappa shape index (κ1) is 25.2. The Labute approximate surface area is 213 Å². The van der Waals surface area contributed by atoms with E-state index in [1.807, 2.05) is 19.1 Å². The fraction of sp³-hybridized carbons (Fsp3) is 0.120. The van der Waals surface area contributed by atoms with Crippen LogP contribution in [-0.2, 0) is 22.2 Å². The molecule has 3 aromatic rings. The Balaban J connectivity index is 1.77. The largest absolute Gasteiger partial charge is 0.416 e. The van der Waals surface area contributed by atoms with Gasteiger partial charge in [-0.05, 0) is 66.6 Å². The summed E-state index contributed by atoms with van der Waals surface area (Å²) in [5.41, 5.74) is 0.188. The Bertz CT molecular complexity index is 1320. The van der Waals surface area contributed by atoms with Crippen LogP contribution in [0.1, 0.15) is 18.1 Å². The minimum atomic E-state index is -4.68. The van der Waals surface area contributed by atoms with E-state index >= 15 is 0 Å². The van der Waals surface area contributed by atoms with Crippen molar-refractivity contribution in [2.45, 2.75) is 24.4 Å². The van der Waals surface area contributed by atoms with Crippen LogP contribution in [0, 0.1) is 0 Å². The van der Waals surface area contributed by atoms with Gasteiger partial charge in [-0.15, -0.1) is 0 Å². The molecular formula is C25H17Cl2F3N2O2S. The van der Waals surface area contributed by atoms with Gasteiger partial charge in [-0.25, -0.2) is 4.90 Å². The highest BCUT2D eigenvalue weighted by Crippen LogP contribution is 2.42. The standard InChI is InChI=1S/C25H17Cl2F3N2O2S/c1-2-14-3-8-17(9-4-14)31-21-22(35-18-10-6-16(26)7-11-18)24(34)32(23(21)33)20-13-15(25(28,29)30)5-12-19(20)27/h3-13,31H,2H2,1H3. The SMILES string of the molecule is CCc1ccc(NC2=C(Sc3ccc(Cl)cc3)C(=O)N(c3cc(C(F)(F)F)ccc3Cl)C2=O)cc1. The van der Waals surface area contributed by atoms with Crippen LogP contribution in [0.15, 0.2) is 82.2 Å². The molecule has 0 saturated heterocycles. The summed E-state index contributed by atoms with van der Waals surface area (Å²) in [5, 5.41) is 3.30. The first-order valence-electron chi connectivity index (χ1n) is 10.4. The van der Waals surface area contributed by atoms with Crippen LogP contribution in [0.5, 0.6) is 0 Å². The number of alkyl halides is 3. The average molecular weight is 537 g/mol. The lowest BCUT2D eigenvalue weighted by molar-refractivity contribution is -0.137. The molecule has 0 bridgehead atoms. The van der Waals surface area contributed by atoms with Gasteiger partial charge in [0.2, 0.25) is 0 Å². The van der Waals surface area contributed by atoms with Gasteiger partial charge in [-0.1, -0.05) is 54.0 Å². The molecule has 10 heteroatoms. The van der Waals surface area contributed by atoms with Gasteiger partial charge < -0.3 is 5.32 Å². The number of imide groups is 1. The quantitative estimate of drug-likeness (QED) is 0.330. The van der Waals surface area contributed by atoms with Crippen molar-refractivity contribution in [3.05, 3.63) is 98.5 Å². The van der Waals surface area contributed by atoms with E-state index in [-0.39, 0.29) is 21.3 Å². The third-order valence-electron chi connectivity index (χ3n) is 5.22. The maximum Gasteiger partial charge on any atom is 0.416 e. The monoisotopic (exact) mass is 536 g/mol. The van der Waals surface area contributed by atoms with Gasteiger partial charge in [0.1, 0.15) is 10.6 Å². The van der Waals surface area contributed by atoms with Crippen LogP contribution in [-0.4, -0.2) is 11.8 Å². The highest BCUT2D eigenvalue weighted by molar-refractivity contribution is 8.04. The zero-order valence-electron chi connectivity index (χ0n) is 18.1. The molecule has 4 nitrogen and oxygen atoms in total. The Hall–Kier alpha value is -2.94. The molecule has 4 rings (SSSR count). The number of aryl methyl sites for hydroxylation is 1. The fourth-order valence-corrected chi connectivity index (χ4v) is 4.64. The van der Waals surface area contributed by atoms with Crippen molar-refractivity contribution in [1.29, 1.82) is 0 Å². The normalized spacial score (nSPS) is 14.2. The molecule has 1 aliphatic heterocycles. The number of amides is 2. The molecule has 1 heterocycles. The number of rotatable bonds is 6. The molecular weight excluding hydrogens is 520 g/mol. The van der Waals surface area contributed by atoms with Gasteiger partial charge in [0.15, 0.2) is 0 Å². The molecule has 0 radical (unpaired) electrons. The number of hydrogen-bond acceptors (Lipinski definition) is 4. The van der Waals surface area contributed by atoms with E-state index in [9.17, 15) is 22.8 Å². The Kier molecular flexibility index (Phi) is 7.17. The predicted molar refractivity (Wildman–Crippen MR) is 133 cm³/mol. The second-order valence-corrected chi connectivity index (χ2v) is 9.47. The van der Waals surface area contributed by atoms with Crippen LogP contribution < -0.4 is 10.2 Å². The first-order chi connectivity index (χ1) is 16.6. The molecule has 0 atom stereocenters. The topological polar surface area (TPSA) is 49.4 Å². The number of nitrogens with zero attached hydrogens (tertiary/aromatic N) is 1. The smallest absolute Gasteiger partial charge is 0.350 e. The molecule has 0 saturated carbocycles. The van der Waals surface area contributed by atoms with Gasteiger partial charge in [0, 0.05) is 15.6 Å². The summed E-state index contributed by atoms with van der Waals surface area (Å²) in [6, 6.07) is 16.4. The lowest BCUT2D eigenvalue weighted by Gasteiger charge is -2.18. The van der Waals surface area contributed by atoms with Gasteiger partial charge >= 0.3 is 6.18 Å². The van der Waals surface area contributed by atoms with E-state index in [1.54, 1.807) is 36.4 Å². The minimum Gasteiger partial charge on any atom is -0.350 e. The molecule has 3 aromatic carbocycles. The summed E-state index contributed by atoms with van der Waals surface area (Å²) in [5.74, 6) is -1.60. The summed E-state index contributed by atoms with van der Waals surface area (Å²) >= 11 is 13.1. The maximum atomic E-state index is 13.4. The highest BCUT2D eigenvalue weighted by Gasteiger charge is 2.42. The summed E-state index contributed by atoms with van der Waals surface area (Å²) in [6.45, 7) is 2.00. The summed E-state index contributed by atoms with van der Waals surface area (Å²) in [7, 11) is 0. The second kappa shape index (κ2) is 9.97. The van der Waals surface area contributed by atoms with E-state index in [0.29, 0.717) is 26.6 Å². The van der Waals surface area contributed by atoms with Crippen molar-refractivity contribution in [3.63, 3.8) is 0 Å². The van der Waals surface area contributed by atoms with Crippen molar-refractivity contribution in [1.82, 2.24) is 0 Å². The maximum absolute atomic E-state index is 13.4. The number of benzene rings is 3. The molecule has 2 amide bonds. The van der Waals surface area contributed by atoms with Crippen molar-refractivity contribution in [2.24, 2.45) is 0 Å². The molecule has 1 N–H and O–H groups in total.